The number of aromatic nitrogens is 2. The van der Waals surface area contributed by atoms with Gasteiger partial charge in [-0.25, -0.2) is 0 Å². The summed E-state index contributed by atoms with van der Waals surface area (Å²) in [5.41, 5.74) is 6.71. The van der Waals surface area contributed by atoms with Crippen LogP contribution >= 0.6 is 23.2 Å². The summed E-state index contributed by atoms with van der Waals surface area (Å²) in [5.74, 6) is 0.884. The first-order chi connectivity index (χ1) is 7.56. The van der Waals surface area contributed by atoms with Crippen molar-refractivity contribution in [3.05, 3.63) is 45.5 Å². The van der Waals surface area contributed by atoms with E-state index in [1.165, 1.54) is 0 Å². The number of nitrogens with zero attached hydrogens (tertiary/aromatic N) is 2. The van der Waals surface area contributed by atoms with Crippen molar-refractivity contribution in [1.29, 1.82) is 0 Å². The largest absolute Gasteiger partial charge is 0.340 e. The smallest absolute Gasteiger partial charge is 0.223 e. The number of hydrogen-bond donors (Lipinski definition) is 1. The van der Waals surface area contributed by atoms with Crippen LogP contribution in [0.5, 0.6) is 0 Å². The first kappa shape index (κ1) is 11.4. The van der Waals surface area contributed by atoms with E-state index in [2.05, 4.69) is 10.1 Å². The molecule has 0 fully saturated rings. The van der Waals surface area contributed by atoms with E-state index in [0.717, 1.165) is 5.56 Å². The topological polar surface area (TPSA) is 64.9 Å². The summed E-state index contributed by atoms with van der Waals surface area (Å²) in [6.45, 7) is 1.70. The van der Waals surface area contributed by atoms with Gasteiger partial charge in [0, 0.05) is 17.0 Å². The fourth-order valence-electron chi connectivity index (χ4n) is 1.35. The second kappa shape index (κ2) is 4.41. The van der Waals surface area contributed by atoms with Gasteiger partial charge < -0.3 is 10.3 Å². The highest BCUT2D eigenvalue weighted by Gasteiger charge is 2.15. The molecule has 2 rings (SSSR count). The Labute approximate surface area is 102 Å². The number of nitrogens with two attached hydrogens (primary N) is 1. The van der Waals surface area contributed by atoms with Gasteiger partial charge in [-0.1, -0.05) is 28.4 Å². The zero-order valence-electron chi connectivity index (χ0n) is 8.45. The first-order valence-electron chi connectivity index (χ1n) is 4.58. The minimum absolute atomic E-state index is 0.413. The number of benzene rings is 1. The molecule has 1 aromatic carbocycles. The third-order valence-corrected chi connectivity index (χ3v) is 2.50. The Balaban J connectivity index is 2.37. The van der Waals surface area contributed by atoms with Crippen molar-refractivity contribution >= 4 is 23.2 Å². The number of rotatable bonds is 2. The molecule has 84 valence electrons. The van der Waals surface area contributed by atoms with E-state index in [1.807, 2.05) is 0 Å². The fourth-order valence-corrected chi connectivity index (χ4v) is 1.89. The van der Waals surface area contributed by atoms with Crippen LogP contribution in [0.2, 0.25) is 10.0 Å². The molecule has 0 aliphatic heterocycles. The average molecular weight is 258 g/mol. The predicted molar refractivity (Wildman–Crippen MR) is 61.5 cm³/mol. The molecule has 1 aromatic heterocycles. The fraction of sp³-hybridized carbons (Fsp3) is 0.200. The normalized spacial score (nSPS) is 12.8. The first-order valence-corrected chi connectivity index (χ1v) is 5.33. The van der Waals surface area contributed by atoms with Gasteiger partial charge in [-0.15, -0.1) is 0 Å². The molecular weight excluding hydrogens is 249 g/mol. The minimum Gasteiger partial charge on any atom is -0.340 e. The molecule has 0 spiro atoms. The molecule has 6 heteroatoms. The molecule has 2 aromatic rings. The van der Waals surface area contributed by atoms with Crippen LogP contribution in [0.25, 0.3) is 0 Å². The molecule has 4 nitrogen and oxygen atoms in total. The molecule has 1 atom stereocenters. The van der Waals surface area contributed by atoms with Crippen LogP contribution in [-0.2, 0) is 0 Å². The van der Waals surface area contributed by atoms with Gasteiger partial charge in [0.25, 0.3) is 0 Å². The lowest BCUT2D eigenvalue weighted by Crippen LogP contribution is -2.13. The summed E-state index contributed by atoms with van der Waals surface area (Å²) < 4.78 is 4.86. The lowest BCUT2D eigenvalue weighted by Gasteiger charge is -2.08. The average Bonchev–Trinajstić information content (AvgIpc) is 2.62. The molecule has 1 heterocycles. The van der Waals surface area contributed by atoms with Crippen LogP contribution in [0.15, 0.2) is 22.7 Å². The van der Waals surface area contributed by atoms with Crippen molar-refractivity contribution in [2.75, 3.05) is 0 Å². The van der Waals surface area contributed by atoms with Crippen LogP contribution in [0.1, 0.15) is 23.3 Å². The molecule has 0 radical (unpaired) electrons. The van der Waals surface area contributed by atoms with Crippen molar-refractivity contribution in [2.24, 2.45) is 5.73 Å². The highest BCUT2D eigenvalue weighted by atomic mass is 35.5. The Hall–Kier alpha value is -1.10. The molecule has 0 aliphatic rings. The van der Waals surface area contributed by atoms with Gasteiger partial charge in [0.15, 0.2) is 5.82 Å². The summed E-state index contributed by atoms with van der Waals surface area (Å²) in [4.78, 5) is 4.06. The Morgan fingerprint density at radius 2 is 1.88 bits per heavy atom. The second-order valence-corrected chi connectivity index (χ2v) is 4.22. The van der Waals surface area contributed by atoms with Crippen molar-refractivity contribution in [1.82, 2.24) is 10.1 Å². The van der Waals surface area contributed by atoms with Gasteiger partial charge in [-0.3, -0.25) is 0 Å². The maximum Gasteiger partial charge on any atom is 0.223 e. The van der Waals surface area contributed by atoms with E-state index < -0.39 is 6.04 Å². The maximum atomic E-state index is 5.97. The van der Waals surface area contributed by atoms with Crippen LogP contribution in [0, 0.1) is 6.92 Å². The van der Waals surface area contributed by atoms with E-state index in [-0.39, 0.29) is 0 Å². The summed E-state index contributed by atoms with van der Waals surface area (Å²) in [5, 5.41) is 4.81. The molecule has 0 aliphatic carbocycles. The molecule has 0 amide bonds. The van der Waals surface area contributed by atoms with E-state index in [4.69, 9.17) is 33.5 Å². The zero-order chi connectivity index (χ0) is 11.7. The standard InChI is InChI=1S/C10H9Cl2N3O/c1-5-14-10(15-16-5)9(13)6-2-7(11)4-8(12)3-6/h2-4,9H,13H2,1H3. The molecule has 16 heavy (non-hydrogen) atoms. The van der Waals surface area contributed by atoms with Crippen LogP contribution < -0.4 is 5.73 Å². The van der Waals surface area contributed by atoms with Gasteiger partial charge in [0.2, 0.25) is 5.89 Å². The van der Waals surface area contributed by atoms with Crippen molar-refractivity contribution in [2.45, 2.75) is 13.0 Å². The zero-order valence-corrected chi connectivity index (χ0v) is 9.96. The summed E-state index contributed by atoms with van der Waals surface area (Å²) in [6, 6.07) is 4.60. The number of halogens is 2. The molecular formula is C10H9Cl2N3O. The minimum atomic E-state index is -0.492. The van der Waals surface area contributed by atoms with Gasteiger partial charge in [0.1, 0.15) is 0 Å². The van der Waals surface area contributed by atoms with Crippen LogP contribution in [-0.4, -0.2) is 10.1 Å². The Kier molecular flexibility index (Phi) is 3.14. The third kappa shape index (κ3) is 2.35. The van der Waals surface area contributed by atoms with Gasteiger partial charge in [-0.2, -0.15) is 4.98 Å². The maximum absolute atomic E-state index is 5.97. The molecule has 0 saturated carbocycles. The highest BCUT2D eigenvalue weighted by molar-refractivity contribution is 6.34. The van der Waals surface area contributed by atoms with Crippen molar-refractivity contribution in [3.63, 3.8) is 0 Å². The predicted octanol–water partition coefficient (Wildman–Crippen LogP) is 2.73. The molecule has 2 N–H and O–H groups in total. The van der Waals surface area contributed by atoms with Gasteiger partial charge >= 0.3 is 0 Å². The monoisotopic (exact) mass is 257 g/mol. The number of hydrogen-bond acceptors (Lipinski definition) is 4. The number of aryl methyl sites for hydroxylation is 1. The summed E-state index contributed by atoms with van der Waals surface area (Å²) >= 11 is 11.8. The quantitative estimate of drug-likeness (QED) is 0.899. The summed E-state index contributed by atoms with van der Waals surface area (Å²) in [6.07, 6.45) is 0. The SMILES string of the molecule is Cc1nc(C(N)c2cc(Cl)cc(Cl)c2)no1. The Morgan fingerprint density at radius 1 is 1.25 bits per heavy atom. The third-order valence-electron chi connectivity index (χ3n) is 2.07. The van der Waals surface area contributed by atoms with Crippen molar-refractivity contribution in [3.8, 4) is 0 Å². The van der Waals surface area contributed by atoms with Crippen LogP contribution in [0.4, 0.5) is 0 Å². The van der Waals surface area contributed by atoms with E-state index in [0.29, 0.717) is 21.8 Å². The van der Waals surface area contributed by atoms with Crippen LogP contribution in [0.3, 0.4) is 0 Å². The van der Waals surface area contributed by atoms with E-state index in [1.54, 1.807) is 25.1 Å². The van der Waals surface area contributed by atoms with Crippen molar-refractivity contribution < 1.29 is 4.52 Å². The Morgan fingerprint density at radius 3 is 2.38 bits per heavy atom. The van der Waals surface area contributed by atoms with Gasteiger partial charge in [0.05, 0.1) is 6.04 Å². The molecule has 1 unspecified atom stereocenters. The Bertz CT molecular complexity index is 492. The summed E-state index contributed by atoms with van der Waals surface area (Å²) in [7, 11) is 0. The van der Waals surface area contributed by atoms with Gasteiger partial charge in [-0.05, 0) is 23.8 Å². The van der Waals surface area contributed by atoms with E-state index in [9.17, 15) is 0 Å². The lowest BCUT2D eigenvalue weighted by molar-refractivity contribution is 0.385. The molecule has 0 bridgehead atoms. The highest BCUT2D eigenvalue weighted by Crippen LogP contribution is 2.24. The molecule has 0 saturated heterocycles. The second-order valence-electron chi connectivity index (χ2n) is 3.35. The van der Waals surface area contributed by atoms with E-state index >= 15 is 0 Å². The lowest BCUT2D eigenvalue weighted by atomic mass is 10.1.